The predicted molar refractivity (Wildman–Crippen MR) is 72.4 cm³/mol. The van der Waals surface area contributed by atoms with Gasteiger partial charge in [0.2, 0.25) is 0 Å². The quantitative estimate of drug-likeness (QED) is 0.917. The first-order valence-corrected chi connectivity index (χ1v) is 5.78. The first kappa shape index (κ1) is 12.5. The molecule has 0 aliphatic rings. The van der Waals surface area contributed by atoms with E-state index in [-0.39, 0.29) is 5.91 Å². The number of anilines is 1. The molecule has 0 spiro atoms. The van der Waals surface area contributed by atoms with Crippen LogP contribution >= 0.6 is 11.6 Å². The summed E-state index contributed by atoms with van der Waals surface area (Å²) in [7, 11) is 1.54. The molecule has 0 atom stereocenters. The van der Waals surface area contributed by atoms with Crippen molar-refractivity contribution in [3.8, 4) is 5.75 Å². The summed E-state index contributed by atoms with van der Waals surface area (Å²) in [5.41, 5.74) is 1.14. The van der Waals surface area contributed by atoms with Crippen LogP contribution in [0.1, 0.15) is 10.4 Å². The molecule has 0 fully saturated rings. The van der Waals surface area contributed by atoms with Gasteiger partial charge < -0.3 is 10.1 Å². The van der Waals surface area contributed by atoms with E-state index in [9.17, 15) is 4.79 Å². The number of methoxy groups -OCH3 is 1. The van der Waals surface area contributed by atoms with Crippen LogP contribution in [0.25, 0.3) is 0 Å². The maximum atomic E-state index is 12.0. The summed E-state index contributed by atoms with van der Waals surface area (Å²) >= 11 is 5.90. The SMILES string of the molecule is COc1ccc(Cl)cc1NC(=O)c1ccccc1. The molecule has 3 nitrogen and oxygen atoms in total. The molecule has 92 valence electrons. The molecule has 0 radical (unpaired) electrons. The Morgan fingerprint density at radius 2 is 1.89 bits per heavy atom. The van der Waals surface area contributed by atoms with Gasteiger partial charge in [0.25, 0.3) is 5.91 Å². The molecule has 4 heteroatoms. The van der Waals surface area contributed by atoms with Crippen molar-refractivity contribution < 1.29 is 9.53 Å². The molecule has 0 heterocycles. The van der Waals surface area contributed by atoms with Crippen LogP contribution in [-0.2, 0) is 0 Å². The number of ether oxygens (including phenoxy) is 1. The van der Waals surface area contributed by atoms with Gasteiger partial charge in [0.15, 0.2) is 0 Å². The lowest BCUT2D eigenvalue weighted by molar-refractivity contribution is 0.102. The summed E-state index contributed by atoms with van der Waals surface area (Å²) in [5, 5.41) is 3.31. The molecular weight excluding hydrogens is 250 g/mol. The van der Waals surface area contributed by atoms with Crippen LogP contribution in [0.4, 0.5) is 5.69 Å². The van der Waals surface area contributed by atoms with Gasteiger partial charge in [0.05, 0.1) is 12.8 Å². The Morgan fingerprint density at radius 3 is 2.56 bits per heavy atom. The second-order valence-electron chi connectivity index (χ2n) is 3.66. The van der Waals surface area contributed by atoms with E-state index in [1.54, 1.807) is 37.4 Å². The third-order valence-corrected chi connectivity index (χ3v) is 2.68. The maximum Gasteiger partial charge on any atom is 0.255 e. The number of amides is 1. The molecule has 0 aromatic heterocycles. The minimum Gasteiger partial charge on any atom is -0.495 e. The van der Waals surface area contributed by atoms with Crippen LogP contribution < -0.4 is 10.1 Å². The van der Waals surface area contributed by atoms with Crippen molar-refractivity contribution in [2.24, 2.45) is 0 Å². The van der Waals surface area contributed by atoms with Gasteiger partial charge in [0, 0.05) is 10.6 Å². The van der Waals surface area contributed by atoms with Crippen LogP contribution in [0.5, 0.6) is 5.75 Å². The minimum absolute atomic E-state index is 0.198. The Balaban J connectivity index is 2.24. The molecule has 1 N–H and O–H groups in total. The van der Waals surface area contributed by atoms with Crippen molar-refractivity contribution in [1.29, 1.82) is 0 Å². The standard InChI is InChI=1S/C14H12ClNO2/c1-18-13-8-7-11(15)9-12(13)16-14(17)10-5-3-2-4-6-10/h2-9H,1H3,(H,16,17). The highest BCUT2D eigenvalue weighted by Crippen LogP contribution is 2.27. The molecule has 0 saturated heterocycles. The highest BCUT2D eigenvalue weighted by atomic mass is 35.5. The molecule has 2 aromatic rings. The van der Waals surface area contributed by atoms with Gasteiger partial charge in [-0.05, 0) is 30.3 Å². The molecule has 0 unspecified atom stereocenters. The maximum absolute atomic E-state index is 12.0. The second-order valence-corrected chi connectivity index (χ2v) is 4.10. The molecule has 2 aromatic carbocycles. The number of halogens is 1. The third kappa shape index (κ3) is 2.81. The van der Waals surface area contributed by atoms with Crippen molar-refractivity contribution in [2.75, 3.05) is 12.4 Å². The van der Waals surface area contributed by atoms with Crippen LogP contribution in [0.3, 0.4) is 0 Å². The topological polar surface area (TPSA) is 38.3 Å². The van der Waals surface area contributed by atoms with E-state index in [1.807, 2.05) is 18.2 Å². The fourth-order valence-electron chi connectivity index (χ4n) is 1.56. The van der Waals surface area contributed by atoms with E-state index in [0.717, 1.165) is 0 Å². The van der Waals surface area contributed by atoms with Gasteiger partial charge in [-0.3, -0.25) is 4.79 Å². The average Bonchev–Trinajstić information content (AvgIpc) is 2.40. The number of benzene rings is 2. The summed E-state index contributed by atoms with van der Waals surface area (Å²) in [6.45, 7) is 0. The van der Waals surface area contributed by atoms with Crippen LogP contribution in [0.15, 0.2) is 48.5 Å². The first-order chi connectivity index (χ1) is 8.70. The Bertz CT molecular complexity index is 555. The molecule has 2 rings (SSSR count). The minimum atomic E-state index is -0.198. The summed E-state index contributed by atoms with van der Waals surface area (Å²) < 4.78 is 5.16. The van der Waals surface area contributed by atoms with E-state index >= 15 is 0 Å². The van der Waals surface area contributed by atoms with Crippen molar-refractivity contribution in [3.05, 3.63) is 59.1 Å². The fourth-order valence-corrected chi connectivity index (χ4v) is 1.73. The number of hydrogen-bond acceptors (Lipinski definition) is 2. The van der Waals surface area contributed by atoms with Crippen molar-refractivity contribution in [3.63, 3.8) is 0 Å². The molecule has 0 saturated carbocycles. The summed E-state index contributed by atoms with van der Waals surface area (Å²) in [6, 6.07) is 14.0. The molecule has 0 aliphatic carbocycles. The van der Waals surface area contributed by atoms with Crippen molar-refractivity contribution >= 4 is 23.2 Å². The molecule has 0 bridgehead atoms. The monoisotopic (exact) mass is 261 g/mol. The van der Waals surface area contributed by atoms with Crippen LogP contribution in [0.2, 0.25) is 5.02 Å². The summed E-state index contributed by atoms with van der Waals surface area (Å²) in [5.74, 6) is 0.375. The predicted octanol–water partition coefficient (Wildman–Crippen LogP) is 3.60. The Morgan fingerprint density at radius 1 is 1.17 bits per heavy atom. The lowest BCUT2D eigenvalue weighted by atomic mass is 10.2. The Labute approximate surface area is 110 Å². The number of hydrogen-bond donors (Lipinski definition) is 1. The highest BCUT2D eigenvalue weighted by Gasteiger charge is 2.09. The van der Waals surface area contributed by atoms with Gasteiger partial charge in [-0.1, -0.05) is 29.8 Å². The van der Waals surface area contributed by atoms with Crippen LogP contribution in [-0.4, -0.2) is 13.0 Å². The van der Waals surface area contributed by atoms with E-state index in [0.29, 0.717) is 22.0 Å². The highest BCUT2D eigenvalue weighted by molar-refractivity contribution is 6.31. The summed E-state index contributed by atoms with van der Waals surface area (Å²) in [6.07, 6.45) is 0. The molecular formula is C14H12ClNO2. The van der Waals surface area contributed by atoms with E-state index in [4.69, 9.17) is 16.3 Å². The smallest absolute Gasteiger partial charge is 0.255 e. The number of carbonyl (C=O) groups is 1. The van der Waals surface area contributed by atoms with Gasteiger partial charge in [-0.2, -0.15) is 0 Å². The number of carbonyl (C=O) groups excluding carboxylic acids is 1. The largest absolute Gasteiger partial charge is 0.495 e. The van der Waals surface area contributed by atoms with Crippen molar-refractivity contribution in [2.45, 2.75) is 0 Å². The second kappa shape index (κ2) is 5.56. The number of rotatable bonds is 3. The molecule has 0 aliphatic heterocycles. The fraction of sp³-hybridized carbons (Fsp3) is 0.0714. The van der Waals surface area contributed by atoms with Gasteiger partial charge in [-0.25, -0.2) is 0 Å². The lowest BCUT2D eigenvalue weighted by Crippen LogP contribution is -2.12. The molecule has 18 heavy (non-hydrogen) atoms. The zero-order valence-electron chi connectivity index (χ0n) is 9.81. The zero-order valence-corrected chi connectivity index (χ0v) is 10.6. The summed E-state index contributed by atoms with van der Waals surface area (Å²) in [4.78, 5) is 12.0. The third-order valence-electron chi connectivity index (χ3n) is 2.45. The lowest BCUT2D eigenvalue weighted by Gasteiger charge is -2.10. The number of nitrogens with one attached hydrogen (secondary N) is 1. The van der Waals surface area contributed by atoms with Crippen LogP contribution in [0, 0.1) is 0 Å². The zero-order chi connectivity index (χ0) is 13.0. The first-order valence-electron chi connectivity index (χ1n) is 5.40. The normalized spacial score (nSPS) is 9.89. The molecule has 1 amide bonds. The van der Waals surface area contributed by atoms with E-state index in [1.165, 1.54) is 0 Å². The average molecular weight is 262 g/mol. The Hall–Kier alpha value is -2.00. The Kier molecular flexibility index (Phi) is 3.85. The van der Waals surface area contributed by atoms with Gasteiger partial charge >= 0.3 is 0 Å². The van der Waals surface area contributed by atoms with Gasteiger partial charge in [0.1, 0.15) is 5.75 Å². The van der Waals surface area contributed by atoms with Gasteiger partial charge in [-0.15, -0.1) is 0 Å². The van der Waals surface area contributed by atoms with E-state index < -0.39 is 0 Å². The van der Waals surface area contributed by atoms with E-state index in [2.05, 4.69) is 5.32 Å². The van der Waals surface area contributed by atoms with Crippen molar-refractivity contribution in [1.82, 2.24) is 0 Å².